The van der Waals surface area contributed by atoms with Crippen molar-refractivity contribution >= 4 is 15.9 Å². The van der Waals surface area contributed by atoms with Crippen LogP contribution < -0.4 is 10.1 Å². The summed E-state index contributed by atoms with van der Waals surface area (Å²) in [4.78, 5) is 4.28. The van der Waals surface area contributed by atoms with Crippen molar-refractivity contribution < 1.29 is 4.74 Å². The van der Waals surface area contributed by atoms with Crippen LogP contribution in [0.25, 0.3) is 0 Å². The van der Waals surface area contributed by atoms with Gasteiger partial charge < -0.3 is 10.1 Å². The van der Waals surface area contributed by atoms with Crippen molar-refractivity contribution in [3.05, 3.63) is 40.4 Å². The number of hydrogen-bond acceptors (Lipinski definition) is 4. The predicted octanol–water partition coefficient (Wildman–Crippen LogP) is 3.16. The smallest absolute Gasteiger partial charge is 0.161 e. The van der Waals surface area contributed by atoms with Gasteiger partial charge in [0.25, 0.3) is 0 Å². The van der Waals surface area contributed by atoms with E-state index in [1.54, 1.807) is 19.5 Å². The van der Waals surface area contributed by atoms with Crippen molar-refractivity contribution in [1.29, 1.82) is 0 Å². The van der Waals surface area contributed by atoms with E-state index in [-0.39, 0.29) is 6.04 Å². The molecule has 0 saturated carbocycles. The van der Waals surface area contributed by atoms with E-state index in [1.807, 2.05) is 10.9 Å². The number of nitrogens with one attached hydrogen (secondary N) is 1. The lowest BCUT2D eigenvalue weighted by atomic mass is 10.0. The standard InChI is InChI=1S/C15H21BrN4O/c1-4-6-18-14(11-7-12(16)9-17-8-11)15-13(21-3)10-19-20(15)5-2/h7-10,14,18H,4-6H2,1-3H3. The van der Waals surface area contributed by atoms with Gasteiger partial charge >= 0.3 is 0 Å². The van der Waals surface area contributed by atoms with Crippen LogP contribution in [0, 0.1) is 0 Å². The van der Waals surface area contributed by atoms with E-state index in [0.717, 1.165) is 41.0 Å². The fourth-order valence-electron chi connectivity index (χ4n) is 2.33. The number of nitrogens with zero attached hydrogens (tertiary/aromatic N) is 3. The number of halogens is 1. The lowest BCUT2D eigenvalue weighted by Crippen LogP contribution is -2.26. The molecule has 0 saturated heterocycles. The topological polar surface area (TPSA) is 52.0 Å². The highest BCUT2D eigenvalue weighted by Crippen LogP contribution is 2.30. The molecule has 1 N–H and O–H groups in total. The minimum absolute atomic E-state index is 0.00681. The number of hydrogen-bond donors (Lipinski definition) is 1. The van der Waals surface area contributed by atoms with Crippen LogP contribution >= 0.6 is 15.9 Å². The van der Waals surface area contributed by atoms with Crippen LogP contribution in [0.5, 0.6) is 5.75 Å². The highest BCUT2D eigenvalue weighted by atomic mass is 79.9. The second-order valence-corrected chi connectivity index (χ2v) is 5.65. The summed E-state index contributed by atoms with van der Waals surface area (Å²) in [6.45, 7) is 5.93. The van der Waals surface area contributed by atoms with E-state index in [2.05, 4.69) is 51.2 Å². The molecule has 1 unspecified atom stereocenters. The molecule has 0 aliphatic rings. The average molecular weight is 353 g/mol. The Morgan fingerprint density at radius 3 is 2.76 bits per heavy atom. The van der Waals surface area contributed by atoms with Crippen molar-refractivity contribution in [2.75, 3.05) is 13.7 Å². The molecule has 0 aromatic carbocycles. The van der Waals surface area contributed by atoms with Gasteiger partial charge in [0, 0.05) is 23.4 Å². The number of pyridine rings is 1. The second-order valence-electron chi connectivity index (χ2n) is 4.74. The summed E-state index contributed by atoms with van der Waals surface area (Å²) in [7, 11) is 1.68. The predicted molar refractivity (Wildman–Crippen MR) is 86.5 cm³/mol. The number of methoxy groups -OCH3 is 1. The fraction of sp³-hybridized carbons (Fsp3) is 0.467. The third-order valence-electron chi connectivity index (χ3n) is 3.30. The summed E-state index contributed by atoms with van der Waals surface area (Å²) in [5, 5.41) is 7.97. The molecular formula is C15H21BrN4O. The lowest BCUT2D eigenvalue weighted by Gasteiger charge is -2.21. The zero-order valence-corrected chi connectivity index (χ0v) is 14.2. The normalized spacial score (nSPS) is 12.4. The maximum atomic E-state index is 5.49. The molecule has 2 rings (SSSR count). The van der Waals surface area contributed by atoms with Crippen molar-refractivity contribution in [2.24, 2.45) is 0 Å². The minimum atomic E-state index is 0.00681. The highest BCUT2D eigenvalue weighted by Gasteiger charge is 2.23. The van der Waals surface area contributed by atoms with Crippen molar-refractivity contribution in [2.45, 2.75) is 32.9 Å². The Labute approximate surface area is 133 Å². The molecule has 0 aliphatic carbocycles. The van der Waals surface area contributed by atoms with Gasteiger partial charge in [-0.1, -0.05) is 6.92 Å². The Morgan fingerprint density at radius 1 is 1.33 bits per heavy atom. The Balaban J connectivity index is 2.47. The van der Waals surface area contributed by atoms with Crippen molar-refractivity contribution in [3.8, 4) is 5.75 Å². The molecule has 2 heterocycles. The Hall–Kier alpha value is -1.40. The summed E-state index contributed by atoms with van der Waals surface area (Å²) in [5.41, 5.74) is 2.12. The molecule has 6 heteroatoms. The molecule has 0 amide bonds. The maximum absolute atomic E-state index is 5.49. The Bertz CT molecular complexity index is 563. The Kier molecular flexibility index (Phi) is 5.76. The van der Waals surface area contributed by atoms with Gasteiger partial charge in [-0.25, -0.2) is 0 Å². The third-order valence-corrected chi connectivity index (χ3v) is 3.73. The maximum Gasteiger partial charge on any atom is 0.161 e. The monoisotopic (exact) mass is 352 g/mol. The van der Waals surface area contributed by atoms with Gasteiger partial charge in [-0.15, -0.1) is 0 Å². The first-order valence-corrected chi connectivity index (χ1v) is 7.94. The summed E-state index contributed by atoms with van der Waals surface area (Å²) < 4.78 is 8.41. The quantitative estimate of drug-likeness (QED) is 0.831. The molecule has 2 aromatic rings. The van der Waals surface area contributed by atoms with E-state index >= 15 is 0 Å². The SMILES string of the molecule is CCCNC(c1cncc(Br)c1)c1c(OC)cnn1CC. The summed E-state index contributed by atoms with van der Waals surface area (Å²) >= 11 is 3.49. The fourth-order valence-corrected chi connectivity index (χ4v) is 2.71. The van der Waals surface area contributed by atoms with Crippen molar-refractivity contribution in [3.63, 3.8) is 0 Å². The third kappa shape index (κ3) is 3.63. The average Bonchev–Trinajstić information content (AvgIpc) is 2.91. The van der Waals surface area contributed by atoms with Crippen LogP contribution in [-0.4, -0.2) is 28.4 Å². The summed E-state index contributed by atoms with van der Waals surface area (Å²) in [6, 6.07) is 2.08. The van der Waals surface area contributed by atoms with Crippen LogP contribution in [-0.2, 0) is 6.54 Å². The first-order valence-electron chi connectivity index (χ1n) is 7.14. The van der Waals surface area contributed by atoms with Crippen molar-refractivity contribution in [1.82, 2.24) is 20.1 Å². The zero-order valence-electron chi connectivity index (χ0n) is 12.6. The molecule has 0 spiro atoms. The largest absolute Gasteiger partial charge is 0.493 e. The van der Waals surface area contributed by atoms with E-state index in [0.29, 0.717) is 0 Å². The van der Waals surface area contributed by atoms with Gasteiger partial charge in [0.15, 0.2) is 5.75 Å². The lowest BCUT2D eigenvalue weighted by molar-refractivity contribution is 0.398. The second kappa shape index (κ2) is 7.56. The molecule has 2 aromatic heterocycles. The molecular weight excluding hydrogens is 332 g/mol. The zero-order chi connectivity index (χ0) is 15.2. The van der Waals surface area contributed by atoms with Crippen LogP contribution in [0.1, 0.15) is 37.6 Å². The van der Waals surface area contributed by atoms with E-state index in [4.69, 9.17) is 4.74 Å². The van der Waals surface area contributed by atoms with Crippen LogP contribution in [0.4, 0.5) is 0 Å². The van der Waals surface area contributed by atoms with Crippen LogP contribution in [0.15, 0.2) is 29.1 Å². The number of rotatable bonds is 7. The van der Waals surface area contributed by atoms with Gasteiger partial charge in [0.1, 0.15) is 5.69 Å². The first-order chi connectivity index (χ1) is 10.2. The highest BCUT2D eigenvalue weighted by molar-refractivity contribution is 9.10. The molecule has 0 fully saturated rings. The molecule has 1 atom stereocenters. The number of aryl methyl sites for hydroxylation is 1. The number of ether oxygens (including phenoxy) is 1. The van der Waals surface area contributed by atoms with E-state index < -0.39 is 0 Å². The summed E-state index contributed by atoms with van der Waals surface area (Å²) in [6.07, 6.45) is 6.49. The van der Waals surface area contributed by atoms with Gasteiger partial charge in [-0.05, 0) is 47.4 Å². The van der Waals surface area contributed by atoms with Crippen LogP contribution in [0.3, 0.4) is 0 Å². The molecule has 0 bridgehead atoms. The van der Waals surface area contributed by atoms with Crippen LogP contribution in [0.2, 0.25) is 0 Å². The first kappa shape index (κ1) is 16.0. The molecule has 21 heavy (non-hydrogen) atoms. The Morgan fingerprint density at radius 2 is 2.14 bits per heavy atom. The minimum Gasteiger partial charge on any atom is -0.493 e. The molecule has 114 valence electrons. The molecule has 0 radical (unpaired) electrons. The molecule has 0 aliphatic heterocycles. The van der Waals surface area contributed by atoms with Gasteiger partial charge in [-0.3, -0.25) is 9.67 Å². The van der Waals surface area contributed by atoms with Gasteiger partial charge in [-0.2, -0.15) is 5.10 Å². The number of aromatic nitrogens is 3. The van der Waals surface area contributed by atoms with Gasteiger partial charge in [0.2, 0.25) is 0 Å². The summed E-state index contributed by atoms with van der Waals surface area (Å²) in [5.74, 6) is 0.797. The van der Waals surface area contributed by atoms with E-state index in [9.17, 15) is 0 Å². The molecule has 5 nitrogen and oxygen atoms in total. The van der Waals surface area contributed by atoms with Gasteiger partial charge in [0.05, 0.1) is 19.3 Å². The van der Waals surface area contributed by atoms with E-state index in [1.165, 1.54) is 0 Å².